The van der Waals surface area contributed by atoms with E-state index in [9.17, 15) is 17.2 Å². The van der Waals surface area contributed by atoms with Crippen molar-refractivity contribution in [1.82, 2.24) is 14.6 Å². The van der Waals surface area contributed by atoms with Crippen LogP contribution in [0.3, 0.4) is 0 Å². The Bertz CT molecular complexity index is 936. The van der Waals surface area contributed by atoms with Gasteiger partial charge in [0.1, 0.15) is 4.90 Å². The molecule has 0 saturated carbocycles. The molecule has 0 spiro atoms. The Morgan fingerprint density at radius 3 is 2.30 bits per heavy atom. The summed E-state index contributed by atoms with van der Waals surface area (Å²) in [5.41, 5.74) is 1.08. The van der Waals surface area contributed by atoms with Gasteiger partial charge in [-0.3, -0.25) is 5.01 Å². The highest BCUT2D eigenvalue weighted by Crippen LogP contribution is 2.37. The van der Waals surface area contributed by atoms with E-state index in [1.165, 1.54) is 24.1 Å². The normalized spacial score (nSPS) is 22.1. The molecule has 0 radical (unpaired) electrons. The van der Waals surface area contributed by atoms with E-state index >= 15 is 0 Å². The number of hydrogen-bond acceptors (Lipinski definition) is 5. The van der Waals surface area contributed by atoms with Crippen molar-refractivity contribution < 1.29 is 17.2 Å². The lowest BCUT2D eigenvalue weighted by molar-refractivity contribution is 0.0106. The topological polar surface area (TPSA) is 65.0 Å². The number of hydrogen-bond donors (Lipinski definition) is 1. The number of sulfonamides is 1. The van der Waals surface area contributed by atoms with Gasteiger partial charge < -0.3 is 5.32 Å². The van der Waals surface area contributed by atoms with Crippen LogP contribution in [0.1, 0.15) is 45.1 Å². The predicted octanol–water partition coefficient (Wildman–Crippen LogP) is 5.03. The Hall–Kier alpha value is -0.710. The Balaban J connectivity index is 0.00000385. The maximum atomic E-state index is 14.1. The lowest BCUT2D eigenvalue weighted by Crippen LogP contribution is -2.52. The van der Waals surface area contributed by atoms with Crippen molar-refractivity contribution in [3.63, 3.8) is 0 Å². The minimum atomic E-state index is -4.68. The minimum Gasteiger partial charge on any atom is -0.317 e. The molecule has 0 aromatic heterocycles. The standard InChI is InChI=1S/C21H30Cl2F2N4O2S.ClH/c1-13-19(14(2)28(3)27-13)29(21(24)25)32(30,31)20-17(22)11-16(12-18(20)23)6-4-5-15-7-9-26-10-8-15;/h11-12,14-15,19,21,26H,4-10H2,1-3H3;1H. The van der Waals surface area contributed by atoms with Gasteiger partial charge in [-0.25, -0.2) is 8.42 Å². The third-order valence-corrected chi connectivity index (χ3v) is 9.10. The van der Waals surface area contributed by atoms with Gasteiger partial charge in [0.05, 0.1) is 27.8 Å². The SMILES string of the molecule is CC1=NN(C)C(C)C1N(C(F)F)S(=O)(=O)c1c(Cl)cc(CCCC2CCNCC2)cc1Cl.Cl. The van der Waals surface area contributed by atoms with Crippen molar-refractivity contribution in [3.05, 3.63) is 27.7 Å². The molecule has 0 amide bonds. The van der Waals surface area contributed by atoms with E-state index in [-0.39, 0.29) is 32.5 Å². The van der Waals surface area contributed by atoms with Gasteiger partial charge >= 0.3 is 6.55 Å². The second-order valence-corrected chi connectivity index (χ2v) is 11.2. The van der Waals surface area contributed by atoms with Crippen molar-refractivity contribution in [1.29, 1.82) is 0 Å². The average Bonchev–Trinajstić information content (AvgIpc) is 2.94. The van der Waals surface area contributed by atoms with Crippen LogP contribution < -0.4 is 5.32 Å². The average molecular weight is 548 g/mol. The largest absolute Gasteiger partial charge is 0.317 e. The molecule has 6 nitrogen and oxygen atoms in total. The smallest absolute Gasteiger partial charge is 0.308 e. The van der Waals surface area contributed by atoms with E-state index in [1.807, 2.05) is 0 Å². The zero-order valence-electron chi connectivity index (χ0n) is 18.9. The molecule has 1 N–H and O–H groups in total. The van der Waals surface area contributed by atoms with E-state index in [0.717, 1.165) is 44.3 Å². The fraction of sp³-hybridized carbons (Fsp3) is 0.667. The second-order valence-electron chi connectivity index (χ2n) is 8.59. The first-order valence-electron chi connectivity index (χ1n) is 10.8. The molecule has 0 bridgehead atoms. The third kappa shape index (κ3) is 6.30. The van der Waals surface area contributed by atoms with Crippen molar-refractivity contribution >= 4 is 51.3 Å². The van der Waals surface area contributed by atoms with Gasteiger partial charge in [0.15, 0.2) is 0 Å². The lowest BCUT2D eigenvalue weighted by Gasteiger charge is -2.31. The molecule has 3 rings (SSSR count). The van der Waals surface area contributed by atoms with Crippen LogP contribution in [-0.4, -0.2) is 62.2 Å². The highest BCUT2D eigenvalue weighted by molar-refractivity contribution is 7.89. The summed E-state index contributed by atoms with van der Waals surface area (Å²) in [6.07, 6.45) is 4.99. The summed E-state index contributed by atoms with van der Waals surface area (Å²) in [5.74, 6) is 0.679. The first kappa shape index (κ1) is 28.5. The molecule has 1 aromatic carbocycles. The summed E-state index contributed by atoms with van der Waals surface area (Å²) in [5, 5.41) is 8.66. The number of rotatable bonds is 8. The molecule has 12 heteroatoms. The zero-order valence-corrected chi connectivity index (χ0v) is 22.0. The molecule has 2 aliphatic heterocycles. The third-order valence-electron chi connectivity index (χ3n) is 6.39. The molecule has 188 valence electrons. The van der Waals surface area contributed by atoms with Crippen LogP contribution in [0, 0.1) is 5.92 Å². The molecule has 1 fully saturated rings. The van der Waals surface area contributed by atoms with Gasteiger partial charge in [0, 0.05) is 7.05 Å². The quantitative estimate of drug-likeness (QED) is 0.464. The number of likely N-dealkylation sites (N-methyl/N-ethyl adjacent to an activating group) is 1. The van der Waals surface area contributed by atoms with E-state index in [1.54, 1.807) is 14.0 Å². The van der Waals surface area contributed by atoms with E-state index < -0.39 is 33.6 Å². The molecule has 2 aliphatic rings. The molecule has 2 unspecified atom stereocenters. The van der Waals surface area contributed by atoms with Gasteiger partial charge in [-0.05, 0) is 76.2 Å². The fourth-order valence-corrected chi connectivity index (χ4v) is 7.38. The number of piperidine rings is 1. The molecule has 1 aromatic rings. The minimum absolute atomic E-state index is 0. The zero-order chi connectivity index (χ0) is 23.6. The predicted molar refractivity (Wildman–Crippen MR) is 131 cm³/mol. The summed E-state index contributed by atoms with van der Waals surface area (Å²) in [6.45, 7) is 1.97. The summed E-state index contributed by atoms with van der Waals surface area (Å²) >= 11 is 12.6. The number of benzene rings is 1. The number of aryl methyl sites for hydroxylation is 1. The fourth-order valence-electron chi connectivity index (χ4n) is 4.60. The van der Waals surface area contributed by atoms with Crippen LogP contribution in [0.5, 0.6) is 0 Å². The van der Waals surface area contributed by atoms with Crippen LogP contribution in [0.15, 0.2) is 22.1 Å². The monoisotopic (exact) mass is 546 g/mol. The lowest BCUT2D eigenvalue weighted by atomic mass is 9.92. The number of halogens is 5. The second kappa shape index (κ2) is 11.8. The maximum Gasteiger partial charge on any atom is 0.308 e. The van der Waals surface area contributed by atoms with Crippen LogP contribution >= 0.6 is 35.6 Å². The number of nitrogens with one attached hydrogen (secondary N) is 1. The van der Waals surface area contributed by atoms with Gasteiger partial charge in [0.25, 0.3) is 10.0 Å². The highest BCUT2D eigenvalue weighted by Gasteiger charge is 2.46. The summed E-state index contributed by atoms with van der Waals surface area (Å²) < 4.78 is 55.0. The van der Waals surface area contributed by atoms with Crippen molar-refractivity contribution in [2.45, 2.75) is 69.5 Å². The van der Waals surface area contributed by atoms with Crippen LogP contribution in [-0.2, 0) is 16.4 Å². The van der Waals surface area contributed by atoms with Crippen molar-refractivity contribution in [3.8, 4) is 0 Å². The van der Waals surface area contributed by atoms with Crippen LogP contribution in [0.4, 0.5) is 8.78 Å². The van der Waals surface area contributed by atoms with E-state index in [4.69, 9.17) is 23.2 Å². The summed E-state index contributed by atoms with van der Waals surface area (Å²) in [7, 11) is -3.07. The van der Waals surface area contributed by atoms with Gasteiger partial charge in [-0.15, -0.1) is 16.7 Å². The molecule has 2 heterocycles. The summed E-state index contributed by atoms with van der Waals surface area (Å²) in [6, 6.07) is 1.36. The molecular formula is C21H31Cl3F2N4O2S. The molecule has 2 atom stereocenters. The number of nitrogens with zero attached hydrogens (tertiary/aromatic N) is 3. The Morgan fingerprint density at radius 1 is 1.24 bits per heavy atom. The number of alkyl halides is 2. The number of hydrazone groups is 1. The molecule has 1 saturated heterocycles. The first-order valence-corrected chi connectivity index (χ1v) is 13.0. The van der Waals surface area contributed by atoms with Gasteiger partial charge in [-0.2, -0.15) is 13.9 Å². The van der Waals surface area contributed by atoms with Crippen molar-refractivity contribution in [2.24, 2.45) is 11.0 Å². The van der Waals surface area contributed by atoms with Crippen LogP contribution in [0.25, 0.3) is 0 Å². The highest BCUT2D eigenvalue weighted by atomic mass is 35.5. The Morgan fingerprint density at radius 2 is 1.82 bits per heavy atom. The molecular weight excluding hydrogens is 517 g/mol. The maximum absolute atomic E-state index is 14.1. The van der Waals surface area contributed by atoms with Crippen molar-refractivity contribution in [2.75, 3.05) is 20.1 Å². The molecule has 0 aliphatic carbocycles. The van der Waals surface area contributed by atoms with E-state index in [0.29, 0.717) is 12.3 Å². The Labute approximate surface area is 211 Å². The summed E-state index contributed by atoms with van der Waals surface area (Å²) in [4.78, 5) is -0.488. The Kier molecular flexibility index (Phi) is 10.2. The molecule has 33 heavy (non-hydrogen) atoms. The van der Waals surface area contributed by atoms with Gasteiger partial charge in [-0.1, -0.05) is 29.6 Å². The first-order chi connectivity index (χ1) is 15.0. The van der Waals surface area contributed by atoms with Crippen LogP contribution in [0.2, 0.25) is 10.0 Å². The van der Waals surface area contributed by atoms with Gasteiger partial charge in [0.2, 0.25) is 0 Å². The van der Waals surface area contributed by atoms with E-state index in [2.05, 4.69) is 10.4 Å².